The summed E-state index contributed by atoms with van der Waals surface area (Å²) in [7, 11) is 2.31. The quantitative estimate of drug-likeness (QED) is 0.171. The van der Waals surface area contributed by atoms with Gasteiger partial charge in [-0.05, 0) is 87.2 Å². The molecule has 4 N–H and O–H groups in total. The van der Waals surface area contributed by atoms with Crippen molar-refractivity contribution in [2.75, 3.05) is 27.3 Å². The molecular formula is C40H51F3N8O6. The molecule has 4 heterocycles. The lowest BCUT2D eigenvalue weighted by Crippen LogP contribution is -2.50. The zero-order valence-electron chi connectivity index (χ0n) is 32.5. The van der Waals surface area contributed by atoms with Crippen LogP contribution in [-0.2, 0) is 29.9 Å². The van der Waals surface area contributed by atoms with Crippen molar-refractivity contribution in [2.24, 2.45) is 0 Å². The number of carbonyl (C=O) groups is 4. The van der Waals surface area contributed by atoms with Gasteiger partial charge in [0.25, 0.3) is 0 Å². The Labute approximate surface area is 329 Å². The van der Waals surface area contributed by atoms with Crippen LogP contribution in [-0.4, -0.2) is 99.3 Å². The molecule has 308 valence electrons. The number of alkyl halides is 3. The maximum atomic E-state index is 13.5. The largest absolute Gasteiger partial charge is 0.453 e. The molecule has 5 fully saturated rings. The summed E-state index contributed by atoms with van der Waals surface area (Å²) in [4.78, 5) is 69.9. The first-order chi connectivity index (χ1) is 27.3. The van der Waals surface area contributed by atoms with Crippen molar-refractivity contribution in [1.29, 1.82) is 0 Å². The Morgan fingerprint density at radius 3 is 1.84 bits per heavy atom. The molecule has 3 saturated carbocycles. The van der Waals surface area contributed by atoms with Crippen LogP contribution in [0.4, 0.5) is 22.8 Å². The molecule has 4 atom stereocenters. The zero-order valence-corrected chi connectivity index (χ0v) is 32.5. The van der Waals surface area contributed by atoms with Crippen molar-refractivity contribution in [2.45, 2.75) is 125 Å². The number of aromatic nitrogens is 4. The summed E-state index contributed by atoms with van der Waals surface area (Å²) in [5, 5.41) is 4.71. The molecule has 1 aromatic carbocycles. The SMILES string of the molecule is CC[C@H](NC(=O)OC)C(=O)N1CCC[C@H]1c1ncc(C23CCC(c4ccc(-c5cnc([C@@H]6CCCN6C(=O)[C@H](CC(F)(F)F)NC(=O)OC)[nH]5)cc4)(CC2)CC3)[nH]1. The molecule has 2 bridgehead atoms. The second-order valence-electron chi connectivity index (χ2n) is 16.0. The van der Waals surface area contributed by atoms with Gasteiger partial charge in [-0.2, -0.15) is 13.2 Å². The molecule has 17 heteroatoms. The number of rotatable bonds is 11. The Kier molecular flexibility index (Phi) is 11.3. The second kappa shape index (κ2) is 16.0. The minimum Gasteiger partial charge on any atom is -0.453 e. The number of nitrogens with zero attached hydrogens (tertiary/aromatic N) is 4. The van der Waals surface area contributed by atoms with Crippen LogP contribution >= 0.6 is 0 Å². The molecule has 0 spiro atoms. The van der Waals surface area contributed by atoms with Crippen LogP contribution in [0.5, 0.6) is 0 Å². The third kappa shape index (κ3) is 8.06. The van der Waals surface area contributed by atoms with E-state index in [4.69, 9.17) is 9.72 Å². The number of methoxy groups -OCH3 is 2. The first-order valence-electron chi connectivity index (χ1n) is 19.9. The van der Waals surface area contributed by atoms with Crippen molar-refractivity contribution < 1.29 is 41.8 Å². The van der Waals surface area contributed by atoms with Gasteiger partial charge in [0.05, 0.1) is 44.6 Å². The summed E-state index contributed by atoms with van der Waals surface area (Å²) in [6.07, 6.45) is 5.13. The van der Waals surface area contributed by atoms with Crippen LogP contribution < -0.4 is 10.6 Å². The average molecular weight is 797 g/mol. The molecule has 2 saturated heterocycles. The lowest BCUT2D eigenvalue weighted by Gasteiger charge is -2.53. The highest BCUT2D eigenvalue weighted by atomic mass is 19.4. The van der Waals surface area contributed by atoms with Crippen molar-refractivity contribution >= 4 is 24.0 Å². The molecule has 57 heavy (non-hydrogen) atoms. The predicted molar refractivity (Wildman–Crippen MR) is 201 cm³/mol. The van der Waals surface area contributed by atoms with E-state index in [1.807, 2.05) is 18.0 Å². The van der Waals surface area contributed by atoms with Gasteiger partial charge in [-0.25, -0.2) is 19.6 Å². The fourth-order valence-electron chi connectivity index (χ4n) is 9.66. The van der Waals surface area contributed by atoms with E-state index in [2.05, 4.69) is 54.6 Å². The number of aromatic amines is 2. The first-order valence-corrected chi connectivity index (χ1v) is 19.9. The number of hydrogen-bond acceptors (Lipinski definition) is 8. The maximum absolute atomic E-state index is 13.5. The lowest BCUT2D eigenvalue weighted by atomic mass is 9.51. The molecule has 5 aliphatic rings. The molecule has 14 nitrogen and oxygen atoms in total. The Morgan fingerprint density at radius 1 is 0.789 bits per heavy atom. The third-order valence-electron chi connectivity index (χ3n) is 12.9. The van der Waals surface area contributed by atoms with E-state index in [9.17, 15) is 32.3 Å². The fourth-order valence-corrected chi connectivity index (χ4v) is 9.66. The molecule has 2 aliphatic heterocycles. The topological polar surface area (TPSA) is 175 Å². The Hall–Kier alpha value is -5.09. The van der Waals surface area contributed by atoms with Crippen LogP contribution in [0.25, 0.3) is 11.3 Å². The van der Waals surface area contributed by atoms with E-state index in [1.165, 1.54) is 17.6 Å². The first kappa shape index (κ1) is 40.1. The van der Waals surface area contributed by atoms with Gasteiger partial charge in [0.1, 0.15) is 23.7 Å². The Balaban J connectivity index is 0.991. The van der Waals surface area contributed by atoms with Gasteiger partial charge in [0.15, 0.2) is 0 Å². The Bertz CT molecular complexity index is 1920. The Morgan fingerprint density at radius 2 is 1.30 bits per heavy atom. The molecule has 3 aliphatic carbocycles. The summed E-state index contributed by atoms with van der Waals surface area (Å²) >= 11 is 0. The van der Waals surface area contributed by atoms with Crippen molar-refractivity contribution in [3.8, 4) is 11.3 Å². The highest BCUT2D eigenvalue weighted by molar-refractivity contribution is 5.87. The van der Waals surface area contributed by atoms with Crippen LogP contribution in [0.1, 0.15) is 119 Å². The van der Waals surface area contributed by atoms with E-state index in [1.54, 1.807) is 6.20 Å². The number of imidazole rings is 2. The van der Waals surface area contributed by atoms with Gasteiger partial charge in [-0.3, -0.25) is 9.59 Å². The zero-order chi connectivity index (χ0) is 40.5. The fraction of sp³-hybridized carbons (Fsp3) is 0.600. The van der Waals surface area contributed by atoms with Crippen LogP contribution in [0.15, 0.2) is 36.7 Å². The number of benzene rings is 1. The summed E-state index contributed by atoms with van der Waals surface area (Å²) in [5.41, 5.74) is 4.13. The number of likely N-dealkylation sites (tertiary alicyclic amines) is 2. The molecule has 8 rings (SSSR count). The predicted octanol–water partition coefficient (Wildman–Crippen LogP) is 6.48. The third-order valence-corrected chi connectivity index (χ3v) is 12.9. The van der Waals surface area contributed by atoms with Gasteiger partial charge in [-0.15, -0.1) is 0 Å². The van der Waals surface area contributed by atoms with Gasteiger partial charge < -0.3 is 39.9 Å². The van der Waals surface area contributed by atoms with Crippen LogP contribution in [0.2, 0.25) is 0 Å². The smallest absolute Gasteiger partial charge is 0.407 e. The van der Waals surface area contributed by atoms with E-state index in [0.717, 1.165) is 81.3 Å². The molecule has 3 aromatic rings. The molecule has 4 amide bonds. The van der Waals surface area contributed by atoms with Crippen LogP contribution in [0.3, 0.4) is 0 Å². The van der Waals surface area contributed by atoms with E-state index in [-0.39, 0.29) is 29.3 Å². The van der Waals surface area contributed by atoms with Crippen molar-refractivity contribution in [3.05, 3.63) is 59.6 Å². The minimum atomic E-state index is -4.67. The van der Waals surface area contributed by atoms with Gasteiger partial charge >= 0.3 is 18.4 Å². The number of alkyl carbamates (subject to hydrolysis) is 2. The lowest BCUT2D eigenvalue weighted by molar-refractivity contribution is -0.154. The number of ether oxygens (including phenoxy) is 2. The van der Waals surface area contributed by atoms with E-state index < -0.39 is 48.8 Å². The maximum Gasteiger partial charge on any atom is 0.407 e. The molecule has 2 aromatic heterocycles. The highest BCUT2D eigenvalue weighted by Gasteiger charge is 2.51. The number of H-pyrrole nitrogens is 2. The second-order valence-corrected chi connectivity index (χ2v) is 16.0. The number of carbonyl (C=O) groups excluding carboxylic acids is 4. The van der Waals surface area contributed by atoms with Crippen molar-refractivity contribution in [3.63, 3.8) is 0 Å². The van der Waals surface area contributed by atoms with Gasteiger partial charge in [-0.1, -0.05) is 31.2 Å². The normalized spacial score (nSPS) is 25.6. The van der Waals surface area contributed by atoms with E-state index >= 15 is 0 Å². The average Bonchev–Trinajstić information content (AvgIpc) is 4.06. The summed E-state index contributed by atoms with van der Waals surface area (Å²) in [6, 6.07) is 5.30. The highest BCUT2D eigenvalue weighted by Crippen LogP contribution is 2.58. The number of halogens is 3. The summed E-state index contributed by atoms with van der Waals surface area (Å²) in [6.45, 7) is 2.72. The number of hydrogen-bond donors (Lipinski definition) is 4. The summed E-state index contributed by atoms with van der Waals surface area (Å²) < 4.78 is 49.2. The van der Waals surface area contributed by atoms with Crippen molar-refractivity contribution in [1.82, 2.24) is 40.4 Å². The number of amides is 4. The van der Waals surface area contributed by atoms with Crippen LogP contribution in [0, 0.1) is 0 Å². The summed E-state index contributed by atoms with van der Waals surface area (Å²) in [5.74, 6) is 0.322. The number of nitrogens with one attached hydrogen (secondary N) is 4. The van der Waals surface area contributed by atoms with E-state index in [0.29, 0.717) is 31.6 Å². The number of fused-ring (bicyclic) bond motifs is 3. The standard InChI is InChI=1S/C40H51F3N8O6/c1-4-26(47-36(54)56-2)34(52)50-19-6-8-30(50)33-45-23-31(49-33)39-16-13-38(14-17-39,15-18-39)25-11-9-24(10-12-25)28-22-44-32(46-28)29-7-5-20-51(29)35(53)27(21-40(41,42)43)48-37(55)57-3/h9-12,22-23,26-27,29-30H,4-8,13-21H2,1-3H3,(H,44,46)(H,45,49)(H,47,54)(H,48,55)/t26-,27-,29-,30-,38?,39?/m0/s1. The monoisotopic (exact) mass is 796 g/mol. The van der Waals surface area contributed by atoms with Gasteiger partial charge in [0, 0.05) is 30.4 Å². The van der Waals surface area contributed by atoms with Gasteiger partial charge in [0.2, 0.25) is 11.8 Å². The molecule has 0 radical (unpaired) electrons. The molecule has 0 unspecified atom stereocenters. The molecular weight excluding hydrogens is 745 g/mol. The minimum absolute atomic E-state index is 0.00271.